The average Bonchev–Trinajstić information content (AvgIpc) is 3.24. The van der Waals surface area contributed by atoms with E-state index in [0.717, 1.165) is 10.9 Å². The zero-order valence-corrected chi connectivity index (χ0v) is 22.4. The van der Waals surface area contributed by atoms with Gasteiger partial charge >= 0.3 is 0 Å². The molecular formula is C25H24N8O3S2. The summed E-state index contributed by atoms with van der Waals surface area (Å²) in [5, 5.41) is 12.2. The van der Waals surface area contributed by atoms with Crippen LogP contribution in [-0.2, 0) is 14.8 Å². The second-order valence-corrected chi connectivity index (χ2v) is 11.4. The number of rotatable bonds is 8. The van der Waals surface area contributed by atoms with Crippen molar-refractivity contribution in [2.45, 2.75) is 42.5 Å². The SMILES string of the molecule is CCC(Sc1nnc2c(n1)[nH]c1ccccc12)C(=O)Nc1ccc(S(=O)(=O)Nc2nc(C)cc(C)n2)cc1. The van der Waals surface area contributed by atoms with E-state index < -0.39 is 15.3 Å². The molecule has 0 spiro atoms. The number of aromatic nitrogens is 6. The van der Waals surface area contributed by atoms with Crippen LogP contribution in [0.4, 0.5) is 11.6 Å². The molecule has 11 nitrogen and oxygen atoms in total. The van der Waals surface area contributed by atoms with E-state index >= 15 is 0 Å². The number of nitrogens with one attached hydrogen (secondary N) is 3. The predicted octanol–water partition coefficient (Wildman–Crippen LogP) is 4.22. The fourth-order valence-corrected chi connectivity index (χ4v) is 5.66. The second-order valence-electron chi connectivity index (χ2n) is 8.57. The standard InChI is InChI=1S/C25H24N8O3S2/c1-4-20(37-25-30-22-21(31-32-25)18-7-5-6-8-19(18)29-22)23(34)28-16-9-11-17(12-10-16)38(35,36)33-24-26-14(2)13-15(3)27-24/h5-13,20H,4H2,1-3H3,(H,28,34)(H,26,27,33)(H,29,30,32). The molecule has 5 aromatic rings. The first-order valence-electron chi connectivity index (χ1n) is 11.8. The normalized spacial score (nSPS) is 12.5. The summed E-state index contributed by atoms with van der Waals surface area (Å²) in [5.74, 6) is -0.250. The zero-order chi connectivity index (χ0) is 26.9. The van der Waals surface area contributed by atoms with Crippen LogP contribution in [0, 0.1) is 13.8 Å². The summed E-state index contributed by atoms with van der Waals surface area (Å²) in [6, 6.07) is 15.4. The lowest BCUT2D eigenvalue weighted by molar-refractivity contribution is -0.115. The lowest BCUT2D eigenvalue weighted by atomic mass is 10.2. The Balaban J connectivity index is 1.26. The highest BCUT2D eigenvalue weighted by Gasteiger charge is 2.22. The van der Waals surface area contributed by atoms with Crippen molar-refractivity contribution in [3.05, 3.63) is 66.0 Å². The van der Waals surface area contributed by atoms with E-state index in [4.69, 9.17) is 0 Å². The van der Waals surface area contributed by atoms with Gasteiger partial charge in [0.05, 0.1) is 10.1 Å². The summed E-state index contributed by atoms with van der Waals surface area (Å²) in [6.07, 6.45) is 0.525. The van der Waals surface area contributed by atoms with Crippen molar-refractivity contribution >= 4 is 61.4 Å². The first-order chi connectivity index (χ1) is 18.2. The third-order valence-corrected chi connectivity index (χ3v) is 8.21. The van der Waals surface area contributed by atoms with E-state index in [9.17, 15) is 13.2 Å². The van der Waals surface area contributed by atoms with Crippen LogP contribution >= 0.6 is 11.8 Å². The summed E-state index contributed by atoms with van der Waals surface area (Å²) < 4.78 is 27.9. The van der Waals surface area contributed by atoms with E-state index in [0.29, 0.717) is 39.8 Å². The molecule has 0 saturated carbocycles. The molecule has 0 aliphatic rings. The van der Waals surface area contributed by atoms with Crippen molar-refractivity contribution in [3.63, 3.8) is 0 Å². The molecule has 5 rings (SSSR count). The number of benzene rings is 2. The molecular weight excluding hydrogens is 524 g/mol. The molecule has 2 aromatic carbocycles. The summed E-state index contributed by atoms with van der Waals surface area (Å²) in [5.41, 5.74) is 3.96. The van der Waals surface area contributed by atoms with E-state index in [1.54, 1.807) is 19.9 Å². The van der Waals surface area contributed by atoms with Gasteiger partial charge in [0.25, 0.3) is 10.0 Å². The number of carbonyl (C=O) groups excluding carboxylic acids is 1. The molecule has 0 aliphatic carbocycles. The molecule has 1 unspecified atom stereocenters. The molecule has 0 fully saturated rings. The number of aromatic amines is 1. The molecule has 3 heterocycles. The maximum atomic E-state index is 13.0. The average molecular weight is 549 g/mol. The van der Waals surface area contributed by atoms with Crippen LogP contribution in [0.25, 0.3) is 22.1 Å². The lowest BCUT2D eigenvalue weighted by Gasteiger charge is -2.14. The minimum atomic E-state index is -3.90. The second kappa shape index (κ2) is 10.3. The highest BCUT2D eigenvalue weighted by atomic mass is 32.2. The fourth-order valence-electron chi connectivity index (χ4n) is 3.90. The molecule has 3 aromatic heterocycles. The van der Waals surface area contributed by atoms with Crippen LogP contribution in [0.5, 0.6) is 0 Å². The number of aryl methyl sites for hydroxylation is 2. The van der Waals surface area contributed by atoms with E-state index in [1.165, 1.54) is 36.0 Å². The van der Waals surface area contributed by atoms with Gasteiger partial charge in [-0.25, -0.2) is 28.1 Å². The monoisotopic (exact) mass is 548 g/mol. The van der Waals surface area contributed by atoms with Crippen LogP contribution in [0.1, 0.15) is 24.7 Å². The van der Waals surface area contributed by atoms with Crippen LogP contribution in [0.3, 0.4) is 0 Å². The Morgan fingerprint density at radius 2 is 1.71 bits per heavy atom. The zero-order valence-electron chi connectivity index (χ0n) is 20.8. The third-order valence-electron chi connectivity index (χ3n) is 5.65. The predicted molar refractivity (Wildman–Crippen MR) is 147 cm³/mol. The Kier molecular flexibility index (Phi) is 6.95. The maximum Gasteiger partial charge on any atom is 0.264 e. The van der Waals surface area contributed by atoms with Crippen molar-refractivity contribution in [3.8, 4) is 0 Å². The van der Waals surface area contributed by atoms with Crippen molar-refractivity contribution in [1.29, 1.82) is 0 Å². The Morgan fingerprint density at radius 1 is 1.00 bits per heavy atom. The minimum absolute atomic E-state index is 0.00466. The Labute approximate surface area is 223 Å². The van der Waals surface area contributed by atoms with Gasteiger partial charge in [0.2, 0.25) is 17.0 Å². The minimum Gasteiger partial charge on any atom is -0.338 e. The number of sulfonamides is 1. The van der Waals surface area contributed by atoms with Gasteiger partial charge < -0.3 is 10.3 Å². The van der Waals surface area contributed by atoms with Gasteiger partial charge in [-0.1, -0.05) is 36.9 Å². The van der Waals surface area contributed by atoms with Crippen LogP contribution in [0.2, 0.25) is 0 Å². The summed E-state index contributed by atoms with van der Waals surface area (Å²) in [7, 11) is -3.90. The third kappa shape index (κ3) is 5.43. The molecule has 194 valence electrons. The van der Waals surface area contributed by atoms with Gasteiger partial charge in [-0.05, 0) is 56.7 Å². The van der Waals surface area contributed by atoms with E-state index in [2.05, 4.69) is 40.2 Å². The van der Waals surface area contributed by atoms with E-state index in [1.807, 2.05) is 31.2 Å². The first-order valence-corrected chi connectivity index (χ1v) is 14.1. The summed E-state index contributed by atoms with van der Waals surface area (Å²) in [4.78, 5) is 29.0. The number of hydrogen-bond donors (Lipinski definition) is 3. The van der Waals surface area contributed by atoms with Crippen molar-refractivity contribution in [1.82, 2.24) is 30.1 Å². The molecule has 0 aliphatic heterocycles. The number of thioether (sulfide) groups is 1. The number of H-pyrrole nitrogens is 1. The van der Waals surface area contributed by atoms with Crippen molar-refractivity contribution in [2.24, 2.45) is 0 Å². The van der Waals surface area contributed by atoms with Gasteiger partial charge in [0.1, 0.15) is 5.52 Å². The molecule has 1 amide bonds. The van der Waals surface area contributed by atoms with Crippen molar-refractivity contribution in [2.75, 3.05) is 10.0 Å². The number of fused-ring (bicyclic) bond motifs is 3. The number of para-hydroxylation sites is 1. The molecule has 0 saturated heterocycles. The number of hydrogen-bond acceptors (Lipinski definition) is 9. The largest absolute Gasteiger partial charge is 0.338 e. The highest BCUT2D eigenvalue weighted by molar-refractivity contribution is 8.00. The van der Waals surface area contributed by atoms with Crippen molar-refractivity contribution < 1.29 is 13.2 Å². The van der Waals surface area contributed by atoms with Gasteiger partial charge in [0, 0.05) is 28.0 Å². The fraction of sp³-hybridized carbons (Fsp3) is 0.200. The van der Waals surface area contributed by atoms with Gasteiger partial charge in [-0.2, -0.15) is 0 Å². The number of anilines is 2. The van der Waals surface area contributed by atoms with Crippen LogP contribution < -0.4 is 10.0 Å². The summed E-state index contributed by atoms with van der Waals surface area (Å²) in [6.45, 7) is 5.41. The van der Waals surface area contributed by atoms with Crippen LogP contribution in [0.15, 0.2) is 64.6 Å². The van der Waals surface area contributed by atoms with Gasteiger partial charge in [-0.3, -0.25) is 4.79 Å². The van der Waals surface area contributed by atoms with E-state index in [-0.39, 0.29) is 16.8 Å². The van der Waals surface area contributed by atoms with Crippen LogP contribution in [-0.4, -0.2) is 49.7 Å². The number of amides is 1. The lowest BCUT2D eigenvalue weighted by Crippen LogP contribution is -2.25. The first kappa shape index (κ1) is 25.5. The van der Waals surface area contributed by atoms with Gasteiger partial charge in [0.15, 0.2) is 5.65 Å². The molecule has 0 radical (unpaired) electrons. The molecule has 0 bridgehead atoms. The Morgan fingerprint density at radius 3 is 2.42 bits per heavy atom. The molecule has 3 N–H and O–H groups in total. The highest BCUT2D eigenvalue weighted by Crippen LogP contribution is 2.27. The number of carbonyl (C=O) groups is 1. The van der Waals surface area contributed by atoms with Gasteiger partial charge in [-0.15, -0.1) is 10.2 Å². The molecule has 13 heteroatoms. The summed E-state index contributed by atoms with van der Waals surface area (Å²) >= 11 is 1.22. The maximum absolute atomic E-state index is 13.0. The number of nitrogens with zero attached hydrogens (tertiary/aromatic N) is 5. The Hall–Kier alpha value is -4.10. The molecule has 1 atom stereocenters. The smallest absolute Gasteiger partial charge is 0.264 e. The quantitative estimate of drug-likeness (QED) is 0.242. The topological polar surface area (TPSA) is 156 Å². The molecule has 38 heavy (non-hydrogen) atoms. The Bertz CT molecular complexity index is 1730.